The van der Waals surface area contributed by atoms with Gasteiger partial charge in [0, 0.05) is 38.3 Å². The molecule has 0 bridgehead atoms. The molecule has 0 radical (unpaired) electrons. The lowest BCUT2D eigenvalue weighted by molar-refractivity contribution is -0.132. The normalized spacial score (nSPS) is 16.7. The molecule has 2 aromatic heterocycles. The molecule has 1 aliphatic rings. The number of aromatic nitrogens is 3. The molecule has 1 fully saturated rings. The minimum atomic E-state index is 0.208. The van der Waals surface area contributed by atoms with E-state index in [0.717, 1.165) is 53.8 Å². The Hall–Kier alpha value is -2.15. The van der Waals surface area contributed by atoms with E-state index in [0.29, 0.717) is 24.6 Å². The van der Waals surface area contributed by atoms with E-state index in [-0.39, 0.29) is 11.9 Å². The van der Waals surface area contributed by atoms with Gasteiger partial charge in [-0.25, -0.2) is 9.67 Å². The van der Waals surface area contributed by atoms with Crippen molar-refractivity contribution < 1.29 is 9.53 Å². The highest BCUT2D eigenvalue weighted by molar-refractivity contribution is 5.86. The Balaban J connectivity index is 1.73. The van der Waals surface area contributed by atoms with Crippen molar-refractivity contribution in [3.05, 3.63) is 16.8 Å². The number of amides is 1. The monoisotopic (exact) mass is 373 g/mol. The zero-order valence-electron chi connectivity index (χ0n) is 17.1. The predicted octanol–water partition coefficient (Wildman–Crippen LogP) is 2.11. The van der Waals surface area contributed by atoms with E-state index < -0.39 is 0 Å². The van der Waals surface area contributed by atoms with Crippen molar-refractivity contribution in [2.45, 2.75) is 52.5 Å². The molecule has 148 valence electrons. The standard InChI is InChI=1S/C20H31N5O2/c1-12-16(14(3)22-19-18(12)20(27-5)23-24(19)4)6-7-17(26)25-10-8-15(9-11-25)13(2)21/h13,15H,6-11,21H2,1-5H3. The molecule has 1 amide bonds. The van der Waals surface area contributed by atoms with Gasteiger partial charge in [0.1, 0.15) is 0 Å². The molecule has 7 nitrogen and oxygen atoms in total. The Labute approximate surface area is 160 Å². The lowest BCUT2D eigenvalue weighted by atomic mass is 9.90. The van der Waals surface area contributed by atoms with E-state index in [1.54, 1.807) is 11.8 Å². The number of nitrogens with two attached hydrogens (primary N) is 1. The number of methoxy groups -OCH3 is 1. The molecule has 1 atom stereocenters. The summed E-state index contributed by atoms with van der Waals surface area (Å²) in [5.74, 6) is 1.33. The highest BCUT2D eigenvalue weighted by Crippen LogP contribution is 2.30. The van der Waals surface area contributed by atoms with Crippen molar-refractivity contribution in [1.29, 1.82) is 0 Å². The Morgan fingerprint density at radius 3 is 2.59 bits per heavy atom. The summed E-state index contributed by atoms with van der Waals surface area (Å²) in [4.78, 5) is 19.4. The first-order valence-electron chi connectivity index (χ1n) is 9.73. The van der Waals surface area contributed by atoms with Gasteiger partial charge in [-0.2, -0.15) is 0 Å². The maximum Gasteiger partial charge on any atom is 0.242 e. The van der Waals surface area contributed by atoms with Gasteiger partial charge in [0.2, 0.25) is 11.8 Å². The first kappa shape index (κ1) is 19.6. The van der Waals surface area contributed by atoms with Crippen LogP contribution in [0.15, 0.2) is 0 Å². The smallest absolute Gasteiger partial charge is 0.242 e. The minimum absolute atomic E-state index is 0.208. The van der Waals surface area contributed by atoms with Gasteiger partial charge in [0.25, 0.3) is 0 Å². The number of carbonyl (C=O) groups excluding carboxylic acids is 1. The quantitative estimate of drug-likeness (QED) is 0.867. The minimum Gasteiger partial charge on any atom is -0.479 e. The summed E-state index contributed by atoms with van der Waals surface area (Å²) >= 11 is 0. The number of nitrogens with zero attached hydrogens (tertiary/aromatic N) is 4. The number of likely N-dealkylation sites (tertiary alicyclic amines) is 1. The molecule has 3 heterocycles. The predicted molar refractivity (Wildman–Crippen MR) is 106 cm³/mol. The third-order valence-electron chi connectivity index (χ3n) is 5.94. The average molecular weight is 374 g/mol. The number of hydrogen-bond acceptors (Lipinski definition) is 5. The van der Waals surface area contributed by atoms with Crippen LogP contribution in [0.3, 0.4) is 0 Å². The summed E-state index contributed by atoms with van der Waals surface area (Å²) < 4.78 is 7.16. The van der Waals surface area contributed by atoms with Gasteiger partial charge in [0.15, 0.2) is 5.65 Å². The van der Waals surface area contributed by atoms with Crippen LogP contribution in [0.1, 0.15) is 43.0 Å². The van der Waals surface area contributed by atoms with Crippen molar-refractivity contribution in [3.8, 4) is 5.88 Å². The SMILES string of the molecule is COc1nn(C)c2nc(C)c(CCC(=O)N3CCC(C(C)N)CC3)c(C)c12. The fourth-order valence-electron chi connectivity index (χ4n) is 4.17. The number of fused-ring (bicyclic) bond motifs is 1. The maximum absolute atomic E-state index is 12.7. The Bertz CT molecular complexity index is 835. The second-order valence-electron chi connectivity index (χ2n) is 7.71. The second-order valence-corrected chi connectivity index (χ2v) is 7.71. The van der Waals surface area contributed by atoms with Crippen molar-refractivity contribution in [2.24, 2.45) is 18.7 Å². The summed E-state index contributed by atoms with van der Waals surface area (Å²) in [6, 6.07) is 0.208. The van der Waals surface area contributed by atoms with Crippen LogP contribution in [-0.2, 0) is 18.3 Å². The molecule has 1 unspecified atom stereocenters. The molecule has 2 N–H and O–H groups in total. The summed E-state index contributed by atoms with van der Waals surface area (Å²) in [6.45, 7) is 7.76. The number of carbonyl (C=O) groups is 1. The molecule has 27 heavy (non-hydrogen) atoms. The van der Waals surface area contributed by atoms with Gasteiger partial charge in [-0.1, -0.05) is 0 Å². The number of hydrogen-bond donors (Lipinski definition) is 1. The van der Waals surface area contributed by atoms with Crippen LogP contribution in [0.4, 0.5) is 0 Å². The fourth-order valence-corrected chi connectivity index (χ4v) is 4.17. The lowest BCUT2D eigenvalue weighted by Gasteiger charge is -2.33. The van der Waals surface area contributed by atoms with E-state index in [1.807, 2.05) is 18.9 Å². The summed E-state index contributed by atoms with van der Waals surface area (Å²) in [5, 5.41) is 5.32. The largest absolute Gasteiger partial charge is 0.479 e. The zero-order chi connectivity index (χ0) is 19.7. The molecular formula is C20H31N5O2. The molecule has 7 heteroatoms. The van der Waals surface area contributed by atoms with Crippen LogP contribution in [0.2, 0.25) is 0 Å². The number of aryl methyl sites for hydroxylation is 3. The van der Waals surface area contributed by atoms with E-state index in [1.165, 1.54) is 0 Å². The third-order valence-corrected chi connectivity index (χ3v) is 5.94. The molecule has 0 saturated carbocycles. The molecular weight excluding hydrogens is 342 g/mol. The van der Waals surface area contributed by atoms with Crippen molar-refractivity contribution in [2.75, 3.05) is 20.2 Å². The number of rotatable bonds is 5. The van der Waals surface area contributed by atoms with Gasteiger partial charge < -0.3 is 15.4 Å². The zero-order valence-corrected chi connectivity index (χ0v) is 17.1. The van der Waals surface area contributed by atoms with Crippen LogP contribution in [-0.4, -0.2) is 51.8 Å². The third kappa shape index (κ3) is 3.78. The van der Waals surface area contributed by atoms with Crippen molar-refractivity contribution >= 4 is 16.9 Å². The molecule has 2 aromatic rings. The Kier molecular flexibility index (Phi) is 5.69. The molecule has 0 aliphatic carbocycles. The number of piperidine rings is 1. The number of ether oxygens (including phenoxy) is 1. The van der Waals surface area contributed by atoms with Crippen LogP contribution >= 0.6 is 0 Å². The maximum atomic E-state index is 12.7. The number of pyridine rings is 1. The molecule has 0 spiro atoms. The molecule has 3 rings (SSSR count). The van der Waals surface area contributed by atoms with Crippen LogP contribution in [0, 0.1) is 19.8 Å². The second kappa shape index (κ2) is 7.84. The van der Waals surface area contributed by atoms with Crippen molar-refractivity contribution in [1.82, 2.24) is 19.7 Å². The lowest BCUT2D eigenvalue weighted by Crippen LogP contribution is -2.42. The summed E-state index contributed by atoms with van der Waals surface area (Å²) in [6.07, 6.45) is 3.19. The van der Waals surface area contributed by atoms with Crippen LogP contribution < -0.4 is 10.5 Å². The first-order chi connectivity index (χ1) is 12.8. The van der Waals surface area contributed by atoms with E-state index in [2.05, 4.69) is 18.9 Å². The highest BCUT2D eigenvalue weighted by atomic mass is 16.5. The van der Waals surface area contributed by atoms with Gasteiger partial charge in [-0.05, 0) is 57.1 Å². The Morgan fingerprint density at radius 1 is 1.33 bits per heavy atom. The van der Waals surface area contributed by atoms with Gasteiger partial charge in [0.05, 0.1) is 12.5 Å². The first-order valence-corrected chi connectivity index (χ1v) is 9.73. The van der Waals surface area contributed by atoms with E-state index in [9.17, 15) is 4.79 Å². The van der Waals surface area contributed by atoms with Gasteiger partial charge in [-0.3, -0.25) is 4.79 Å². The molecule has 1 aliphatic heterocycles. The molecule has 1 saturated heterocycles. The Morgan fingerprint density at radius 2 is 2.00 bits per heavy atom. The average Bonchev–Trinajstić information content (AvgIpc) is 2.97. The van der Waals surface area contributed by atoms with Gasteiger partial charge >= 0.3 is 0 Å². The van der Waals surface area contributed by atoms with Crippen LogP contribution in [0.5, 0.6) is 5.88 Å². The summed E-state index contributed by atoms with van der Waals surface area (Å²) in [5.41, 5.74) is 9.99. The van der Waals surface area contributed by atoms with E-state index >= 15 is 0 Å². The fraction of sp³-hybridized carbons (Fsp3) is 0.650. The topological polar surface area (TPSA) is 86.3 Å². The van der Waals surface area contributed by atoms with Gasteiger partial charge in [-0.15, -0.1) is 5.10 Å². The van der Waals surface area contributed by atoms with E-state index in [4.69, 9.17) is 15.5 Å². The van der Waals surface area contributed by atoms with Crippen LogP contribution in [0.25, 0.3) is 11.0 Å². The summed E-state index contributed by atoms with van der Waals surface area (Å²) in [7, 11) is 3.49. The molecule has 0 aromatic carbocycles. The van der Waals surface area contributed by atoms with Crippen molar-refractivity contribution in [3.63, 3.8) is 0 Å². The highest BCUT2D eigenvalue weighted by Gasteiger charge is 2.25.